The van der Waals surface area contributed by atoms with Gasteiger partial charge in [0, 0.05) is 11.7 Å². The fraction of sp³-hybridized carbons (Fsp3) is 0.571. The molecule has 0 aromatic heterocycles. The van der Waals surface area contributed by atoms with E-state index in [1.165, 1.54) is 6.26 Å². The first-order valence-corrected chi connectivity index (χ1v) is 7.83. The van der Waals surface area contributed by atoms with Gasteiger partial charge in [0.05, 0.1) is 11.4 Å². The Bertz CT molecular complexity index is 510. The van der Waals surface area contributed by atoms with Gasteiger partial charge < -0.3 is 5.11 Å². The Morgan fingerprint density at radius 3 is 1.72 bits per heavy atom. The monoisotopic (exact) mass is 270 g/mol. The van der Waals surface area contributed by atoms with Crippen LogP contribution in [0.4, 0.5) is 0 Å². The van der Waals surface area contributed by atoms with E-state index in [0.717, 1.165) is 11.1 Å². The Hall–Kier alpha value is -0.870. The van der Waals surface area contributed by atoms with E-state index in [2.05, 4.69) is 0 Å². The second kappa shape index (κ2) is 4.67. The van der Waals surface area contributed by atoms with Crippen LogP contribution in [0.15, 0.2) is 24.3 Å². The summed E-state index contributed by atoms with van der Waals surface area (Å²) in [5, 5.41) is 9.31. The normalized spacial score (nSPS) is 13.7. The molecule has 1 rings (SSSR count). The van der Waals surface area contributed by atoms with Gasteiger partial charge in [0.2, 0.25) is 0 Å². The van der Waals surface area contributed by atoms with Crippen LogP contribution in [-0.2, 0) is 20.0 Å². The molecule has 4 heteroatoms. The molecule has 0 radical (unpaired) electrons. The van der Waals surface area contributed by atoms with Crippen molar-refractivity contribution >= 4 is 9.84 Å². The maximum atomic E-state index is 11.8. The van der Waals surface area contributed by atoms with E-state index in [0.29, 0.717) is 0 Å². The van der Waals surface area contributed by atoms with E-state index in [-0.39, 0.29) is 12.0 Å². The molecule has 0 aliphatic rings. The molecule has 1 N–H and O–H groups in total. The summed E-state index contributed by atoms with van der Waals surface area (Å²) in [6.07, 6.45) is 1.25. The van der Waals surface area contributed by atoms with Gasteiger partial charge in [-0.1, -0.05) is 38.1 Å². The Morgan fingerprint density at radius 2 is 1.39 bits per heavy atom. The number of aliphatic hydroxyl groups is 1. The van der Waals surface area contributed by atoms with E-state index >= 15 is 0 Å². The molecule has 3 nitrogen and oxygen atoms in total. The van der Waals surface area contributed by atoms with Gasteiger partial charge in [0.15, 0.2) is 9.84 Å². The number of hydrogen-bond acceptors (Lipinski definition) is 3. The van der Waals surface area contributed by atoms with Crippen molar-refractivity contribution in [1.82, 2.24) is 0 Å². The van der Waals surface area contributed by atoms with E-state index in [4.69, 9.17) is 0 Å². The second-order valence-electron chi connectivity index (χ2n) is 5.90. The average Bonchev–Trinajstić information content (AvgIpc) is 2.27. The minimum absolute atomic E-state index is 0.0574. The number of benzene rings is 1. The van der Waals surface area contributed by atoms with Crippen molar-refractivity contribution in [3.05, 3.63) is 35.4 Å². The summed E-state index contributed by atoms with van der Waals surface area (Å²) in [4.78, 5) is 0. The van der Waals surface area contributed by atoms with Crippen molar-refractivity contribution < 1.29 is 13.5 Å². The van der Waals surface area contributed by atoms with Gasteiger partial charge in [-0.25, -0.2) is 8.42 Å². The number of sulfone groups is 1. The fourth-order valence-corrected chi connectivity index (χ4v) is 2.19. The third kappa shape index (κ3) is 2.75. The highest BCUT2D eigenvalue weighted by Gasteiger charge is 2.32. The predicted molar refractivity (Wildman–Crippen MR) is 74.4 cm³/mol. The molecule has 0 saturated heterocycles. The lowest BCUT2D eigenvalue weighted by molar-refractivity contribution is 0.218. The summed E-state index contributed by atoms with van der Waals surface area (Å²) >= 11 is 0. The Balaban J connectivity index is 3.19. The standard InChI is InChI=1S/C14H22O3S/c1-13(2,10-15)11-6-8-12(9-7-11)14(3,4)18(5,16)17/h6-9,15H,10H2,1-5H3. The minimum atomic E-state index is -3.16. The van der Waals surface area contributed by atoms with Gasteiger partial charge >= 0.3 is 0 Å². The first kappa shape index (κ1) is 15.2. The van der Waals surface area contributed by atoms with Crippen LogP contribution in [0.5, 0.6) is 0 Å². The third-order valence-electron chi connectivity index (χ3n) is 3.68. The van der Waals surface area contributed by atoms with E-state index < -0.39 is 14.6 Å². The first-order chi connectivity index (χ1) is 8.02. The van der Waals surface area contributed by atoms with Gasteiger partial charge in [0.1, 0.15) is 0 Å². The summed E-state index contributed by atoms with van der Waals surface area (Å²) in [6.45, 7) is 7.36. The van der Waals surface area contributed by atoms with Crippen LogP contribution in [0.25, 0.3) is 0 Å². The summed E-state index contributed by atoms with van der Waals surface area (Å²) in [7, 11) is -3.16. The summed E-state index contributed by atoms with van der Waals surface area (Å²) < 4.78 is 22.6. The SMILES string of the molecule is CC(C)(CO)c1ccc(C(C)(C)S(C)(=O)=O)cc1. The van der Waals surface area contributed by atoms with Gasteiger partial charge in [-0.05, 0) is 25.0 Å². The first-order valence-electron chi connectivity index (χ1n) is 5.94. The average molecular weight is 270 g/mol. The zero-order valence-electron chi connectivity index (χ0n) is 11.7. The lowest BCUT2D eigenvalue weighted by atomic mass is 9.84. The van der Waals surface area contributed by atoms with Gasteiger partial charge in [0.25, 0.3) is 0 Å². The highest BCUT2D eigenvalue weighted by molar-refractivity contribution is 7.91. The van der Waals surface area contributed by atoms with E-state index in [9.17, 15) is 13.5 Å². The van der Waals surface area contributed by atoms with Crippen molar-refractivity contribution in [2.45, 2.75) is 37.9 Å². The summed E-state index contributed by atoms with van der Waals surface area (Å²) in [5.41, 5.74) is 1.45. The third-order valence-corrected chi connectivity index (χ3v) is 5.77. The molecular weight excluding hydrogens is 248 g/mol. The molecule has 0 saturated carbocycles. The van der Waals surface area contributed by atoms with Gasteiger partial charge in [-0.2, -0.15) is 0 Å². The highest BCUT2D eigenvalue weighted by atomic mass is 32.2. The molecule has 0 unspecified atom stereocenters. The molecule has 18 heavy (non-hydrogen) atoms. The summed E-state index contributed by atoms with van der Waals surface area (Å²) in [6, 6.07) is 7.43. The Kier molecular flexibility index (Phi) is 3.94. The quantitative estimate of drug-likeness (QED) is 0.913. The van der Waals surface area contributed by atoms with Crippen LogP contribution in [-0.4, -0.2) is 26.4 Å². The molecule has 0 aliphatic heterocycles. The smallest absolute Gasteiger partial charge is 0.156 e. The Morgan fingerprint density at radius 1 is 1.00 bits per heavy atom. The maximum Gasteiger partial charge on any atom is 0.156 e. The van der Waals surface area contributed by atoms with Crippen molar-refractivity contribution in [2.75, 3.05) is 12.9 Å². The van der Waals surface area contributed by atoms with Crippen LogP contribution < -0.4 is 0 Å². The number of aliphatic hydroxyl groups excluding tert-OH is 1. The fourth-order valence-electron chi connectivity index (χ4n) is 1.63. The van der Waals surface area contributed by atoms with Crippen LogP contribution in [0.2, 0.25) is 0 Å². The second-order valence-corrected chi connectivity index (χ2v) is 8.47. The van der Waals surface area contributed by atoms with Crippen LogP contribution in [0, 0.1) is 0 Å². The number of hydrogen-bond donors (Lipinski definition) is 1. The molecule has 0 bridgehead atoms. The van der Waals surface area contributed by atoms with Gasteiger partial charge in [-0.3, -0.25) is 0 Å². The van der Waals surface area contributed by atoms with Crippen LogP contribution in [0.3, 0.4) is 0 Å². The van der Waals surface area contributed by atoms with E-state index in [1.807, 2.05) is 38.1 Å². The molecule has 0 atom stereocenters. The minimum Gasteiger partial charge on any atom is -0.395 e. The molecule has 0 spiro atoms. The highest BCUT2D eigenvalue weighted by Crippen LogP contribution is 2.31. The molecule has 1 aromatic rings. The van der Waals surface area contributed by atoms with Crippen LogP contribution in [0.1, 0.15) is 38.8 Å². The van der Waals surface area contributed by atoms with Crippen LogP contribution >= 0.6 is 0 Å². The van der Waals surface area contributed by atoms with Gasteiger partial charge in [-0.15, -0.1) is 0 Å². The maximum absolute atomic E-state index is 11.8. The molecule has 102 valence electrons. The molecule has 0 amide bonds. The van der Waals surface area contributed by atoms with E-state index in [1.54, 1.807) is 13.8 Å². The zero-order valence-corrected chi connectivity index (χ0v) is 12.5. The molecule has 1 aromatic carbocycles. The number of rotatable bonds is 4. The summed E-state index contributed by atoms with van der Waals surface area (Å²) in [5.74, 6) is 0. The van der Waals surface area contributed by atoms with Crippen molar-refractivity contribution in [3.8, 4) is 0 Å². The van der Waals surface area contributed by atoms with Crippen molar-refractivity contribution in [2.24, 2.45) is 0 Å². The lowest BCUT2D eigenvalue weighted by Gasteiger charge is -2.26. The lowest BCUT2D eigenvalue weighted by Crippen LogP contribution is -2.28. The molecule has 0 heterocycles. The molecule has 0 fully saturated rings. The molecular formula is C14H22O3S. The Labute approximate surface area is 110 Å². The van der Waals surface area contributed by atoms with Crippen molar-refractivity contribution in [1.29, 1.82) is 0 Å². The largest absolute Gasteiger partial charge is 0.395 e. The predicted octanol–water partition coefficient (Wildman–Crippen LogP) is 2.24. The van der Waals surface area contributed by atoms with Crippen molar-refractivity contribution in [3.63, 3.8) is 0 Å². The molecule has 0 aliphatic carbocycles. The topological polar surface area (TPSA) is 54.4 Å². The zero-order chi connectivity index (χ0) is 14.2.